The van der Waals surface area contributed by atoms with Crippen LogP contribution in [-0.4, -0.2) is 34.0 Å². The fraction of sp³-hybridized carbons (Fsp3) is 0.895. The van der Waals surface area contributed by atoms with Gasteiger partial charge in [-0.05, 0) is 47.4 Å². The molecule has 0 saturated heterocycles. The Labute approximate surface area is 180 Å². The van der Waals surface area contributed by atoms with Gasteiger partial charge in [-0.1, -0.05) is 77.3 Å². The molecule has 0 spiro atoms. The minimum Gasteiger partial charge on any atom is -0.466 e. The second kappa shape index (κ2) is 20.7. The highest BCUT2D eigenvalue weighted by atomic mass is 127. The van der Waals surface area contributed by atoms with E-state index in [-0.39, 0.29) is 11.9 Å². The van der Waals surface area contributed by atoms with Gasteiger partial charge in [0.1, 0.15) is 0 Å². The standard InChI is InChI=1S/C19H34I2O4/c20-14-8-6-12-18(22)24-16-10-4-2-1-3-5-11-17-25-19(23)13-7-9-15-21/h1-17H2. The number of carbonyl (C=O) groups excluding carboxylic acids is 2. The Bertz CT molecular complexity index is 295. The normalized spacial score (nSPS) is 10.6. The Morgan fingerprint density at radius 2 is 0.880 bits per heavy atom. The van der Waals surface area contributed by atoms with E-state index in [0.29, 0.717) is 26.1 Å². The van der Waals surface area contributed by atoms with E-state index >= 15 is 0 Å². The summed E-state index contributed by atoms with van der Waals surface area (Å²) >= 11 is 4.65. The number of rotatable bonds is 18. The summed E-state index contributed by atoms with van der Waals surface area (Å²) in [7, 11) is 0. The molecule has 0 saturated carbocycles. The maximum absolute atomic E-state index is 11.4. The van der Waals surface area contributed by atoms with Gasteiger partial charge in [0.2, 0.25) is 0 Å². The zero-order valence-electron chi connectivity index (χ0n) is 15.4. The first-order valence-corrected chi connectivity index (χ1v) is 12.7. The lowest BCUT2D eigenvalue weighted by atomic mass is 10.1. The topological polar surface area (TPSA) is 52.6 Å². The van der Waals surface area contributed by atoms with E-state index in [0.717, 1.165) is 60.2 Å². The molecule has 0 aromatic heterocycles. The number of alkyl halides is 2. The van der Waals surface area contributed by atoms with E-state index in [9.17, 15) is 9.59 Å². The molecule has 25 heavy (non-hydrogen) atoms. The van der Waals surface area contributed by atoms with Crippen LogP contribution in [0.4, 0.5) is 0 Å². The Kier molecular flexibility index (Phi) is 21.0. The molecule has 148 valence electrons. The molecule has 0 aromatic rings. The van der Waals surface area contributed by atoms with Crippen molar-refractivity contribution in [2.45, 2.75) is 83.5 Å². The van der Waals surface area contributed by atoms with E-state index < -0.39 is 0 Å². The number of hydrogen-bond donors (Lipinski definition) is 0. The zero-order valence-corrected chi connectivity index (χ0v) is 19.7. The third kappa shape index (κ3) is 20.6. The summed E-state index contributed by atoms with van der Waals surface area (Å²) in [4.78, 5) is 22.8. The van der Waals surface area contributed by atoms with Crippen molar-refractivity contribution in [1.29, 1.82) is 0 Å². The van der Waals surface area contributed by atoms with Crippen LogP contribution in [0.25, 0.3) is 0 Å². The molecule has 0 atom stereocenters. The summed E-state index contributed by atoms with van der Waals surface area (Å²) in [6, 6.07) is 0. The lowest BCUT2D eigenvalue weighted by molar-refractivity contribution is -0.144. The highest BCUT2D eigenvalue weighted by Gasteiger charge is 2.03. The van der Waals surface area contributed by atoms with Gasteiger partial charge in [-0.3, -0.25) is 9.59 Å². The van der Waals surface area contributed by atoms with Crippen molar-refractivity contribution in [3.63, 3.8) is 0 Å². The molecule has 0 aliphatic carbocycles. The summed E-state index contributed by atoms with van der Waals surface area (Å²) in [5.41, 5.74) is 0. The van der Waals surface area contributed by atoms with Gasteiger partial charge in [0, 0.05) is 12.8 Å². The third-order valence-electron chi connectivity index (χ3n) is 3.84. The lowest BCUT2D eigenvalue weighted by Crippen LogP contribution is -2.06. The average molecular weight is 580 g/mol. The van der Waals surface area contributed by atoms with E-state index in [4.69, 9.17) is 9.47 Å². The largest absolute Gasteiger partial charge is 0.466 e. The van der Waals surface area contributed by atoms with Crippen LogP contribution >= 0.6 is 45.2 Å². The van der Waals surface area contributed by atoms with Gasteiger partial charge in [-0.25, -0.2) is 0 Å². The fourth-order valence-electron chi connectivity index (χ4n) is 2.33. The van der Waals surface area contributed by atoms with Crippen molar-refractivity contribution in [3.8, 4) is 0 Å². The summed E-state index contributed by atoms with van der Waals surface area (Å²) in [6.07, 6.45) is 12.9. The number of halogens is 2. The maximum Gasteiger partial charge on any atom is 0.305 e. The molecule has 0 bridgehead atoms. The van der Waals surface area contributed by atoms with Crippen LogP contribution in [0, 0.1) is 0 Å². The SMILES string of the molecule is O=C(CCCCI)OCCCCCCCCCOC(=O)CCCCI. The van der Waals surface area contributed by atoms with Crippen LogP contribution in [0.1, 0.15) is 83.5 Å². The van der Waals surface area contributed by atoms with Gasteiger partial charge in [0.15, 0.2) is 0 Å². The Balaban J connectivity index is 3.18. The molecule has 0 N–H and O–H groups in total. The van der Waals surface area contributed by atoms with Gasteiger partial charge in [-0.2, -0.15) is 0 Å². The molecule has 4 nitrogen and oxygen atoms in total. The van der Waals surface area contributed by atoms with E-state index in [2.05, 4.69) is 45.2 Å². The lowest BCUT2D eigenvalue weighted by Gasteiger charge is -2.06. The minimum atomic E-state index is -0.0475. The van der Waals surface area contributed by atoms with Crippen LogP contribution < -0.4 is 0 Å². The van der Waals surface area contributed by atoms with Crippen molar-refractivity contribution in [3.05, 3.63) is 0 Å². The van der Waals surface area contributed by atoms with E-state index in [1.54, 1.807) is 0 Å². The highest BCUT2D eigenvalue weighted by molar-refractivity contribution is 14.1. The average Bonchev–Trinajstić information content (AvgIpc) is 2.60. The molecule has 0 amide bonds. The Morgan fingerprint density at radius 3 is 1.24 bits per heavy atom. The van der Waals surface area contributed by atoms with Crippen LogP contribution in [0.5, 0.6) is 0 Å². The number of unbranched alkanes of at least 4 members (excludes halogenated alkanes) is 8. The number of carbonyl (C=O) groups is 2. The maximum atomic E-state index is 11.4. The van der Waals surface area contributed by atoms with Gasteiger partial charge in [0.25, 0.3) is 0 Å². The minimum absolute atomic E-state index is 0.0475. The van der Waals surface area contributed by atoms with Crippen molar-refractivity contribution < 1.29 is 19.1 Å². The summed E-state index contributed by atoms with van der Waals surface area (Å²) in [5.74, 6) is -0.0950. The van der Waals surface area contributed by atoms with Crippen LogP contribution in [0.2, 0.25) is 0 Å². The Morgan fingerprint density at radius 1 is 0.520 bits per heavy atom. The van der Waals surface area contributed by atoms with Crippen LogP contribution in [-0.2, 0) is 19.1 Å². The first kappa shape index (κ1) is 25.4. The first-order chi connectivity index (χ1) is 12.2. The predicted octanol–water partition coefficient (Wildman–Crippen LogP) is 6.01. The zero-order chi connectivity index (χ0) is 18.6. The molecule has 0 heterocycles. The van der Waals surface area contributed by atoms with Gasteiger partial charge in [0.05, 0.1) is 13.2 Å². The molecular weight excluding hydrogens is 546 g/mol. The smallest absolute Gasteiger partial charge is 0.305 e. The van der Waals surface area contributed by atoms with Gasteiger partial charge in [-0.15, -0.1) is 0 Å². The highest BCUT2D eigenvalue weighted by Crippen LogP contribution is 2.09. The second-order valence-corrected chi connectivity index (χ2v) is 8.37. The van der Waals surface area contributed by atoms with Gasteiger partial charge >= 0.3 is 11.9 Å². The van der Waals surface area contributed by atoms with Crippen molar-refractivity contribution >= 4 is 57.1 Å². The fourth-order valence-corrected chi connectivity index (χ4v) is 3.41. The van der Waals surface area contributed by atoms with Crippen molar-refractivity contribution in [2.75, 3.05) is 22.1 Å². The van der Waals surface area contributed by atoms with Crippen molar-refractivity contribution in [2.24, 2.45) is 0 Å². The molecule has 0 rings (SSSR count). The summed E-state index contributed by atoms with van der Waals surface area (Å²) in [6.45, 7) is 1.13. The molecule has 0 unspecified atom stereocenters. The summed E-state index contributed by atoms with van der Waals surface area (Å²) < 4.78 is 12.6. The molecular formula is C19H34I2O4. The van der Waals surface area contributed by atoms with E-state index in [1.807, 2.05) is 0 Å². The Hall–Kier alpha value is 0.400. The molecule has 0 fully saturated rings. The quantitative estimate of drug-likeness (QED) is 0.0863. The second-order valence-electron chi connectivity index (χ2n) is 6.21. The summed E-state index contributed by atoms with van der Waals surface area (Å²) in [5, 5.41) is 0. The number of esters is 2. The predicted molar refractivity (Wildman–Crippen MR) is 120 cm³/mol. The van der Waals surface area contributed by atoms with Crippen molar-refractivity contribution in [1.82, 2.24) is 0 Å². The molecule has 6 heteroatoms. The number of ether oxygens (including phenoxy) is 2. The number of hydrogen-bond acceptors (Lipinski definition) is 4. The van der Waals surface area contributed by atoms with Crippen LogP contribution in [0.3, 0.4) is 0 Å². The molecule has 0 aliphatic heterocycles. The van der Waals surface area contributed by atoms with Crippen LogP contribution in [0.15, 0.2) is 0 Å². The molecule has 0 aliphatic rings. The monoisotopic (exact) mass is 580 g/mol. The molecule has 0 aromatic carbocycles. The third-order valence-corrected chi connectivity index (χ3v) is 5.37. The van der Waals surface area contributed by atoms with Gasteiger partial charge < -0.3 is 9.47 Å². The first-order valence-electron chi connectivity index (χ1n) is 9.64. The molecule has 0 radical (unpaired) electrons. The van der Waals surface area contributed by atoms with E-state index in [1.165, 1.54) is 19.3 Å².